The minimum atomic E-state index is 0.314. The third-order valence-electron chi connectivity index (χ3n) is 3.65. The van der Waals surface area contributed by atoms with Gasteiger partial charge in [0.1, 0.15) is 5.75 Å². The fourth-order valence-corrected chi connectivity index (χ4v) is 2.57. The minimum Gasteiger partial charge on any atom is -0.508 e. The van der Waals surface area contributed by atoms with Crippen molar-refractivity contribution in [2.45, 2.75) is 19.8 Å². The maximum Gasteiger partial charge on any atom is 0.116 e. The molecule has 3 aromatic rings. The van der Waals surface area contributed by atoms with Crippen molar-refractivity contribution in [3.8, 4) is 16.9 Å². The van der Waals surface area contributed by atoms with Gasteiger partial charge in [0.15, 0.2) is 0 Å². The molecular formula is C19H18O. The molecule has 0 amide bonds. The first-order valence-electron chi connectivity index (χ1n) is 7.08. The van der Waals surface area contributed by atoms with Crippen LogP contribution in [0.3, 0.4) is 0 Å². The van der Waals surface area contributed by atoms with Crippen LogP contribution in [0.25, 0.3) is 21.9 Å². The molecule has 0 saturated heterocycles. The van der Waals surface area contributed by atoms with Crippen molar-refractivity contribution < 1.29 is 5.11 Å². The Bertz CT molecular complexity index is 726. The van der Waals surface area contributed by atoms with Gasteiger partial charge in [-0.3, -0.25) is 0 Å². The van der Waals surface area contributed by atoms with Gasteiger partial charge in [-0.2, -0.15) is 0 Å². The van der Waals surface area contributed by atoms with E-state index in [0.717, 1.165) is 17.2 Å². The Kier molecular flexibility index (Phi) is 3.42. The molecule has 0 unspecified atom stereocenters. The zero-order valence-electron chi connectivity index (χ0n) is 11.6. The van der Waals surface area contributed by atoms with Crippen LogP contribution in [0, 0.1) is 0 Å². The van der Waals surface area contributed by atoms with Crippen LogP contribution in [0.5, 0.6) is 5.75 Å². The van der Waals surface area contributed by atoms with Crippen LogP contribution in [-0.2, 0) is 6.42 Å². The smallest absolute Gasteiger partial charge is 0.116 e. The molecule has 0 saturated carbocycles. The number of hydrogen-bond acceptors (Lipinski definition) is 1. The summed E-state index contributed by atoms with van der Waals surface area (Å²) in [6.07, 6.45) is 2.32. The van der Waals surface area contributed by atoms with E-state index in [9.17, 15) is 5.11 Å². The summed E-state index contributed by atoms with van der Waals surface area (Å²) in [6, 6.07) is 20.6. The molecule has 20 heavy (non-hydrogen) atoms. The first-order chi connectivity index (χ1) is 9.76. The van der Waals surface area contributed by atoms with Gasteiger partial charge in [0.05, 0.1) is 0 Å². The van der Waals surface area contributed by atoms with E-state index in [2.05, 4.69) is 49.4 Å². The van der Waals surface area contributed by atoms with Crippen LogP contribution in [0.15, 0.2) is 60.7 Å². The largest absolute Gasteiger partial charge is 0.508 e. The summed E-state index contributed by atoms with van der Waals surface area (Å²) in [5, 5.41) is 11.7. The van der Waals surface area contributed by atoms with Crippen LogP contribution in [0.1, 0.15) is 18.9 Å². The molecule has 0 aromatic heterocycles. The number of fused-ring (bicyclic) bond motifs is 1. The molecule has 100 valence electrons. The molecule has 0 fully saturated rings. The van der Waals surface area contributed by atoms with Gasteiger partial charge < -0.3 is 5.11 Å². The van der Waals surface area contributed by atoms with Crippen LogP contribution >= 0.6 is 0 Å². The van der Waals surface area contributed by atoms with Gasteiger partial charge in [-0.25, -0.2) is 0 Å². The monoisotopic (exact) mass is 262 g/mol. The Morgan fingerprint density at radius 1 is 0.750 bits per heavy atom. The number of aromatic hydroxyl groups is 1. The van der Waals surface area contributed by atoms with E-state index < -0.39 is 0 Å². The fraction of sp³-hybridized carbons (Fsp3) is 0.158. The number of phenols is 1. The SMILES string of the molecule is CCCc1ccc(-c2ccc3cc(O)ccc3c2)cc1. The molecule has 1 heteroatoms. The van der Waals surface area contributed by atoms with Crippen molar-refractivity contribution in [3.05, 3.63) is 66.2 Å². The molecule has 1 nitrogen and oxygen atoms in total. The Morgan fingerprint density at radius 2 is 1.40 bits per heavy atom. The molecule has 0 heterocycles. The highest BCUT2D eigenvalue weighted by molar-refractivity contribution is 5.88. The van der Waals surface area contributed by atoms with Gasteiger partial charge in [0, 0.05) is 0 Å². The molecule has 3 rings (SSSR count). The molecular weight excluding hydrogens is 244 g/mol. The third kappa shape index (κ3) is 2.53. The lowest BCUT2D eigenvalue weighted by molar-refractivity contribution is 0.476. The van der Waals surface area contributed by atoms with Crippen LogP contribution in [-0.4, -0.2) is 5.11 Å². The van der Waals surface area contributed by atoms with Crippen molar-refractivity contribution in [2.75, 3.05) is 0 Å². The average Bonchev–Trinajstić information content (AvgIpc) is 2.48. The molecule has 0 spiro atoms. The van der Waals surface area contributed by atoms with Gasteiger partial charge in [-0.15, -0.1) is 0 Å². The van der Waals surface area contributed by atoms with Crippen LogP contribution in [0.2, 0.25) is 0 Å². The normalized spacial score (nSPS) is 10.8. The first kappa shape index (κ1) is 12.7. The first-order valence-corrected chi connectivity index (χ1v) is 7.08. The second-order valence-corrected chi connectivity index (χ2v) is 5.19. The summed E-state index contributed by atoms with van der Waals surface area (Å²) in [4.78, 5) is 0. The van der Waals surface area contributed by atoms with Crippen molar-refractivity contribution in [3.63, 3.8) is 0 Å². The lowest BCUT2D eigenvalue weighted by Gasteiger charge is -2.06. The van der Waals surface area contributed by atoms with Gasteiger partial charge in [-0.1, -0.05) is 55.8 Å². The van der Waals surface area contributed by atoms with Gasteiger partial charge in [0.2, 0.25) is 0 Å². The molecule has 0 radical (unpaired) electrons. The van der Waals surface area contributed by atoms with Crippen LogP contribution < -0.4 is 0 Å². The summed E-state index contributed by atoms with van der Waals surface area (Å²) < 4.78 is 0. The highest BCUT2D eigenvalue weighted by Gasteiger charge is 2.01. The number of benzene rings is 3. The minimum absolute atomic E-state index is 0.314. The summed E-state index contributed by atoms with van der Waals surface area (Å²) >= 11 is 0. The van der Waals surface area contributed by atoms with Crippen molar-refractivity contribution in [1.29, 1.82) is 0 Å². The predicted octanol–water partition coefficient (Wildman–Crippen LogP) is 5.16. The van der Waals surface area contributed by atoms with E-state index in [1.54, 1.807) is 12.1 Å². The standard InChI is InChI=1S/C19H18O/c1-2-3-14-4-6-15(7-5-14)16-8-9-18-13-19(20)11-10-17(18)12-16/h4-13,20H,2-3H2,1H3. The molecule has 1 N–H and O–H groups in total. The number of phenolic OH excluding ortho intramolecular Hbond substituents is 1. The third-order valence-corrected chi connectivity index (χ3v) is 3.65. The second kappa shape index (κ2) is 5.38. The summed E-state index contributed by atoms with van der Waals surface area (Å²) in [7, 11) is 0. The van der Waals surface area contributed by atoms with Gasteiger partial charge >= 0.3 is 0 Å². The highest BCUT2D eigenvalue weighted by atomic mass is 16.3. The Balaban J connectivity index is 1.99. The van der Waals surface area contributed by atoms with E-state index in [4.69, 9.17) is 0 Å². The zero-order chi connectivity index (χ0) is 13.9. The molecule has 0 aliphatic carbocycles. The lowest BCUT2D eigenvalue weighted by atomic mass is 9.99. The zero-order valence-corrected chi connectivity index (χ0v) is 11.6. The topological polar surface area (TPSA) is 20.2 Å². The van der Waals surface area contributed by atoms with E-state index >= 15 is 0 Å². The van der Waals surface area contributed by atoms with Gasteiger partial charge in [0.25, 0.3) is 0 Å². The van der Waals surface area contributed by atoms with Crippen LogP contribution in [0.4, 0.5) is 0 Å². The number of rotatable bonds is 3. The number of hydrogen-bond donors (Lipinski definition) is 1. The van der Waals surface area contributed by atoms with E-state index in [-0.39, 0.29) is 0 Å². The Hall–Kier alpha value is -2.28. The van der Waals surface area contributed by atoms with Crippen molar-refractivity contribution in [1.82, 2.24) is 0 Å². The average molecular weight is 262 g/mol. The lowest BCUT2D eigenvalue weighted by Crippen LogP contribution is -1.84. The number of aryl methyl sites for hydroxylation is 1. The molecule has 0 atom stereocenters. The summed E-state index contributed by atoms with van der Waals surface area (Å²) in [5.74, 6) is 0.314. The maximum atomic E-state index is 9.50. The second-order valence-electron chi connectivity index (χ2n) is 5.19. The van der Waals surface area contributed by atoms with Crippen molar-refractivity contribution in [2.24, 2.45) is 0 Å². The molecule has 0 aliphatic rings. The fourth-order valence-electron chi connectivity index (χ4n) is 2.57. The van der Waals surface area contributed by atoms with Gasteiger partial charge in [-0.05, 0) is 52.1 Å². The van der Waals surface area contributed by atoms with E-state index in [1.807, 2.05) is 6.07 Å². The quantitative estimate of drug-likeness (QED) is 0.690. The maximum absolute atomic E-state index is 9.50. The Morgan fingerprint density at radius 3 is 2.15 bits per heavy atom. The van der Waals surface area contributed by atoms with E-state index in [0.29, 0.717) is 5.75 Å². The highest BCUT2D eigenvalue weighted by Crippen LogP contribution is 2.27. The molecule has 3 aromatic carbocycles. The molecule has 0 bridgehead atoms. The molecule has 0 aliphatic heterocycles. The summed E-state index contributed by atoms with van der Waals surface area (Å²) in [6.45, 7) is 2.20. The van der Waals surface area contributed by atoms with E-state index in [1.165, 1.54) is 23.1 Å². The Labute approximate surface area is 119 Å². The summed E-state index contributed by atoms with van der Waals surface area (Å²) in [5.41, 5.74) is 3.84. The van der Waals surface area contributed by atoms with Crippen molar-refractivity contribution >= 4 is 10.8 Å². The predicted molar refractivity (Wildman–Crippen MR) is 85.0 cm³/mol.